The summed E-state index contributed by atoms with van der Waals surface area (Å²) >= 11 is 0. The molecule has 3 unspecified atom stereocenters. The maximum atomic E-state index is 13.0. The number of ether oxygens (including phenoxy) is 1. The van der Waals surface area contributed by atoms with Gasteiger partial charge in [0.2, 0.25) is 0 Å². The van der Waals surface area contributed by atoms with Gasteiger partial charge in [-0.2, -0.15) is 13.2 Å². The zero-order valence-corrected chi connectivity index (χ0v) is 10.9. The Morgan fingerprint density at radius 1 is 1.33 bits per heavy atom. The largest absolute Gasteiger partial charge is 0.393 e. The summed E-state index contributed by atoms with van der Waals surface area (Å²) in [4.78, 5) is 1.77. The lowest BCUT2D eigenvalue weighted by atomic mass is 9.81. The van der Waals surface area contributed by atoms with E-state index in [4.69, 9.17) is 4.74 Å². The third kappa shape index (κ3) is 4.10. The number of methoxy groups -OCH3 is 1. The SMILES string of the molecule is CCN(CCOC)C1CC(O)CCC1C(F)(F)F. The lowest BCUT2D eigenvalue weighted by Gasteiger charge is -2.41. The fraction of sp³-hybridized carbons (Fsp3) is 1.00. The molecule has 0 bridgehead atoms. The van der Waals surface area contributed by atoms with Crippen LogP contribution in [0.4, 0.5) is 13.2 Å². The number of hydrogen-bond acceptors (Lipinski definition) is 3. The van der Waals surface area contributed by atoms with Crippen molar-refractivity contribution in [2.24, 2.45) is 5.92 Å². The number of hydrogen-bond donors (Lipinski definition) is 1. The first kappa shape index (κ1) is 15.7. The van der Waals surface area contributed by atoms with Gasteiger partial charge in [0.1, 0.15) is 0 Å². The molecule has 0 aliphatic heterocycles. The van der Waals surface area contributed by atoms with Gasteiger partial charge in [0, 0.05) is 19.7 Å². The maximum Gasteiger partial charge on any atom is 0.393 e. The van der Waals surface area contributed by atoms with E-state index in [2.05, 4.69) is 0 Å². The van der Waals surface area contributed by atoms with E-state index in [9.17, 15) is 18.3 Å². The van der Waals surface area contributed by atoms with Gasteiger partial charge in [-0.15, -0.1) is 0 Å². The van der Waals surface area contributed by atoms with Crippen LogP contribution in [0, 0.1) is 5.92 Å². The molecule has 0 heterocycles. The molecule has 1 saturated carbocycles. The van der Waals surface area contributed by atoms with Crippen molar-refractivity contribution in [1.29, 1.82) is 0 Å². The molecule has 0 saturated heterocycles. The second kappa shape index (κ2) is 6.73. The zero-order valence-electron chi connectivity index (χ0n) is 10.9. The molecule has 0 amide bonds. The van der Waals surface area contributed by atoms with E-state index < -0.39 is 24.2 Å². The van der Waals surface area contributed by atoms with Gasteiger partial charge in [0.25, 0.3) is 0 Å². The third-order valence-electron chi connectivity index (χ3n) is 3.67. The molecule has 1 rings (SSSR count). The van der Waals surface area contributed by atoms with Gasteiger partial charge in [-0.1, -0.05) is 6.92 Å². The normalized spacial score (nSPS) is 29.8. The molecule has 1 N–H and O–H groups in total. The number of aliphatic hydroxyl groups excluding tert-OH is 1. The van der Waals surface area contributed by atoms with Crippen molar-refractivity contribution in [2.45, 2.75) is 44.5 Å². The number of likely N-dealkylation sites (N-methyl/N-ethyl adjacent to an activating group) is 1. The Labute approximate surface area is 106 Å². The number of nitrogens with zero attached hydrogens (tertiary/aromatic N) is 1. The second-order valence-corrected chi connectivity index (χ2v) is 4.80. The standard InChI is InChI=1S/C12H22F3NO2/c1-3-16(6-7-18-2)11-8-9(17)4-5-10(11)12(13,14)15/h9-11,17H,3-8H2,1-2H3. The van der Waals surface area contributed by atoms with Crippen LogP contribution in [-0.2, 0) is 4.74 Å². The van der Waals surface area contributed by atoms with E-state index in [0.717, 1.165) is 0 Å². The second-order valence-electron chi connectivity index (χ2n) is 4.80. The van der Waals surface area contributed by atoms with Crippen LogP contribution in [0.3, 0.4) is 0 Å². The highest BCUT2D eigenvalue weighted by Gasteiger charge is 2.48. The van der Waals surface area contributed by atoms with Crippen LogP contribution in [0.15, 0.2) is 0 Å². The van der Waals surface area contributed by atoms with Gasteiger partial charge in [-0.3, -0.25) is 4.90 Å². The van der Waals surface area contributed by atoms with E-state index in [1.165, 1.54) is 7.11 Å². The van der Waals surface area contributed by atoms with Crippen LogP contribution < -0.4 is 0 Å². The van der Waals surface area contributed by atoms with Gasteiger partial charge >= 0.3 is 6.18 Å². The molecule has 0 spiro atoms. The molecule has 0 radical (unpaired) electrons. The van der Waals surface area contributed by atoms with Crippen LogP contribution in [0.2, 0.25) is 0 Å². The first-order valence-electron chi connectivity index (χ1n) is 6.37. The lowest BCUT2D eigenvalue weighted by molar-refractivity contribution is -0.205. The first-order chi connectivity index (χ1) is 8.40. The average Bonchev–Trinajstić information content (AvgIpc) is 2.28. The number of aliphatic hydroxyl groups is 1. The summed E-state index contributed by atoms with van der Waals surface area (Å²) in [5, 5.41) is 9.61. The Hall–Kier alpha value is -0.330. The van der Waals surface area contributed by atoms with Crippen molar-refractivity contribution in [3.63, 3.8) is 0 Å². The summed E-state index contributed by atoms with van der Waals surface area (Å²) in [5.41, 5.74) is 0. The molecule has 0 aromatic rings. The van der Waals surface area contributed by atoms with Gasteiger partial charge in [0.15, 0.2) is 0 Å². The fourth-order valence-corrected chi connectivity index (χ4v) is 2.68. The Bertz CT molecular complexity index is 248. The quantitative estimate of drug-likeness (QED) is 0.829. The topological polar surface area (TPSA) is 32.7 Å². The summed E-state index contributed by atoms with van der Waals surface area (Å²) in [7, 11) is 1.53. The molecule has 1 aliphatic carbocycles. The highest BCUT2D eigenvalue weighted by molar-refractivity contribution is 4.90. The van der Waals surface area contributed by atoms with E-state index in [-0.39, 0.29) is 19.3 Å². The molecule has 1 fully saturated rings. The zero-order chi connectivity index (χ0) is 13.8. The summed E-state index contributed by atoms with van der Waals surface area (Å²) in [5.74, 6) is -1.34. The molecule has 1 aliphatic rings. The first-order valence-corrected chi connectivity index (χ1v) is 6.37. The van der Waals surface area contributed by atoms with E-state index >= 15 is 0 Å². The van der Waals surface area contributed by atoms with Crippen molar-refractivity contribution >= 4 is 0 Å². The van der Waals surface area contributed by atoms with Crippen LogP contribution in [0.1, 0.15) is 26.2 Å². The highest BCUT2D eigenvalue weighted by atomic mass is 19.4. The molecule has 0 aromatic carbocycles. The minimum absolute atomic E-state index is 0.0127. The van der Waals surface area contributed by atoms with Crippen LogP contribution in [0.5, 0.6) is 0 Å². The molecule has 3 nitrogen and oxygen atoms in total. The summed E-state index contributed by atoms with van der Waals surface area (Å²) < 4.78 is 43.9. The minimum atomic E-state index is -4.19. The van der Waals surface area contributed by atoms with Crippen LogP contribution in [0.25, 0.3) is 0 Å². The Morgan fingerprint density at radius 3 is 2.50 bits per heavy atom. The lowest BCUT2D eigenvalue weighted by Crippen LogP contribution is -2.51. The van der Waals surface area contributed by atoms with E-state index in [1.54, 1.807) is 4.90 Å². The van der Waals surface area contributed by atoms with Gasteiger partial charge in [-0.25, -0.2) is 0 Å². The minimum Gasteiger partial charge on any atom is -0.393 e. The van der Waals surface area contributed by atoms with Crippen molar-refractivity contribution < 1.29 is 23.0 Å². The van der Waals surface area contributed by atoms with Crippen molar-refractivity contribution in [1.82, 2.24) is 4.90 Å². The molecule has 108 valence electrons. The Morgan fingerprint density at radius 2 is 2.00 bits per heavy atom. The number of rotatable bonds is 5. The molecular formula is C12H22F3NO2. The Kier molecular flexibility index (Phi) is 5.88. The number of halogens is 3. The van der Waals surface area contributed by atoms with Gasteiger partial charge < -0.3 is 9.84 Å². The predicted molar refractivity (Wildman–Crippen MR) is 62.3 cm³/mol. The molecule has 0 aromatic heterocycles. The van der Waals surface area contributed by atoms with Crippen LogP contribution in [-0.4, -0.2) is 55.1 Å². The molecule has 3 atom stereocenters. The van der Waals surface area contributed by atoms with Crippen molar-refractivity contribution in [3.8, 4) is 0 Å². The van der Waals surface area contributed by atoms with E-state index in [1.807, 2.05) is 6.92 Å². The Balaban J connectivity index is 2.76. The maximum absolute atomic E-state index is 13.0. The molecular weight excluding hydrogens is 247 g/mol. The fourth-order valence-electron chi connectivity index (χ4n) is 2.68. The molecule has 6 heteroatoms. The highest BCUT2D eigenvalue weighted by Crippen LogP contribution is 2.40. The third-order valence-corrected chi connectivity index (χ3v) is 3.67. The molecule has 18 heavy (non-hydrogen) atoms. The van der Waals surface area contributed by atoms with Crippen LogP contribution >= 0.6 is 0 Å². The van der Waals surface area contributed by atoms with Gasteiger partial charge in [0.05, 0.1) is 18.6 Å². The monoisotopic (exact) mass is 269 g/mol. The van der Waals surface area contributed by atoms with E-state index in [0.29, 0.717) is 19.7 Å². The van der Waals surface area contributed by atoms with Gasteiger partial charge in [-0.05, 0) is 25.8 Å². The smallest absolute Gasteiger partial charge is 0.393 e. The average molecular weight is 269 g/mol. The number of alkyl halides is 3. The summed E-state index contributed by atoms with van der Waals surface area (Å²) in [6, 6.07) is -0.631. The summed E-state index contributed by atoms with van der Waals surface area (Å²) in [6.45, 7) is 3.25. The summed E-state index contributed by atoms with van der Waals surface area (Å²) in [6.07, 6.45) is -4.36. The van der Waals surface area contributed by atoms with Crippen molar-refractivity contribution in [2.75, 3.05) is 26.8 Å². The van der Waals surface area contributed by atoms with Crippen molar-refractivity contribution in [3.05, 3.63) is 0 Å². The predicted octanol–water partition coefficient (Wildman–Crippen LogP) is 2.05.